The van der Waals surface area contributed by atoms with Gasteiger partial charge < -0.3 is 105 Å². The number of rotatable bonds is 12. The van der Waals surface area contributed by atoms with Gasteiger partial charge in [-0.25, -0.2) is 0 Å². The second kappa shape index (κ2) is 18.0. The molecule has 0 radical (unpaired) electrons. The summed E-state index contributed by atoms with van der Waals surface area (Å²) in [5, 5.41) is 129. The first-order valence-corrected chi connectivity index (χ1v) is 16.1. The standard InChI is InChI=1S/C28H48N2O21/c1-7(34)29-13-18(39)23(50-27-21(42)19(40)15(36)9(3-31)47-27)11(5-33)49-26(13)45-6-12-17(38)24(14(25(44)46-12)30-8(2)35)51-28-22(43)20(41)16(37)10(4-32)48-28/h9-28,31-33,36-44H,3-6H2,1-2H3,(H,29,34)(H,30,35)/t9?,10?,11?,12?,13?,14?,15?,16?,17?,18?,19?,20?,21-,22-,23?,24?,25?,26?,27?,28?/m0/s1. The SMILES string of the molecule is CC(=O)NC1C(OCC2OC(O)C(NC(C)=O)C(OC3OC(CO)C(O)C(O)[C@@H]3O)C2O)OC(CO)C(OC2OC(CO)C(O)C(O)[C@@H]2O)C1O. The average Bonchev–Trinajstić information content (AvgIpc) is 3.08. The summed E-state index contributed by atoms with van der Waals surface area (Å²) >= 11 is 0. The van der Waals surface area contributed by atoms with E-state index in [0.29, 0.717) is 0 Å². The number of hydrogen-bond donors (Lipinski definition) is 14. The predicted molar refractivity (Wildman–Crippen MR) is 157 cm³/mol. The van der Waals surface area contributed by atoms with Gasteiger partial charge in [-0.1, -0.05) is 0 Å². The monoisotopic (exact) mass is 748 g/mol. The maximum absolute atomic E-state index is 12.1. The van der Waals surface area contributed by atoms with Crippen LogP contribution in [0.15, 0.2) is 0 Å². The van der Waals surface area contributed by atoms with Crippen molar-refractivity contribution >= 4 is 11.8 Å². The number of aliphatic hydroxyl groups excluding tert-OH is 12. The van der Waals surface area contributed by atoms with Crippen molar-refractivity contribution in [3.8, 4) is 0 Å². The minimum atomic E-state index is -1.92. The number of aliphatic hydroxyl groups is 12. The molecule has 0 bridgehead atoms. The lowest BCUT2D eigenvalue weighted by Gasteiger charge is -2.48. The number of hydrogen-bond acceptors (Lipinski definition) is 21. The summed E-state index contributed by atoms with van der Waals surface area (Å²) in [4.78, 5) is 24.1. The first-order valence-electron chi connectivity index (χ1n) is 16.1. The molecule has 0 aromatic heterocycles. The van der Waals surface area contributed by atoms with E-state index in [4.69, 9.17) is 33.2 Å². The molecule has 23 heteroatoms. The van der Waals surface area contributed by atoms with Gasteiger partial charge in [-0.2, -0.15) is 0 Å². The van der Waals surface area contributed by atoms with Gasteiger partial charge in [-0.3, -0.25) is 9.59 Å². The maximum Gasteiger partial charge on any atom is 0.217 e. The molecule has 4 aliphatic rings. The van der Waals surface area contributed by atoms with E-state index >= 15 is 0 Å². The Hall–Kier alpha value is -1.82. The van der Waals surface area contributed by atoms with Crippen molar-refractivity contribution in [3.63, 3.8) is 0 Å². The third-order valence-electron chi connectivity index (χ3n) is 8.99. The van der Waals surface area contributed by atoms with Crippen LogP contribution in [0.3, 0.4) is 0 Å². The van der Waals surface area contributed by atoms with Crippen LogP contribution < -0.4 is 10.6 Å². The normalized spacial score (nSPS) is 47.8. The Balaban J connectivity index is 1.51. The van der Waals surface area contributed by atoms with E-state index in [2.05, 4.69) is 10.6 Å². The number of amides is 2. The Morgan fingerprint density at radius 1 is 0.510 bits per heavy atom. The van der Waals surface area contributed by atoms with Crippen LogP contribution in [0.25, 0.3) is 0 Å². The highest BCUT2D eigenvalue weighted by atomic mass is 16.7. The molecule has 23 nitrogen and oxygen atoms in total. The minimum absolute atomic E-state index is 0.703. The lowest BCUT2D eigenvalue weighted by atomic mass is 9.94. The first-order chi connectivity index (χ1) is 24.0. The Bertz CT molecular complexity index is 1140. The van der Waals surface area contributed by atoms with Gasteiger partial charge in [-0.05, 0) is 0 Å². The molecule has 4 rings (SSSR count). The van der Waals surface area contributed by atoms with Gasteiger partial charge in [0, 0.05) is 13.8 Å². The Morgan fingerprint density at radius 3 is 1.43 bits per heavy atom. The molecular weight excluding hydrogens is 700 g/mol. The average molecular weight is 749 g/mol. The first kappa shape index (κ1) is 41.9. The molecule has 2 amide bonds. The van der Waals surface area contributed by atoms with Crippen molar-refractivity contribution in [2.75, 3.05) is 26.4 Å². The number of nitrogens with one attached hydrogen (secondary N) is 2. The van der Waals surface area contributed by atoms with E-state index in [-0.39, 0.29) is 0 Å². The fraction of sp³-hybridized carbons (Fsp3) is 0.929. The summed E-state index contributed by atoms with van der Waals surface area (Å²) in [5.74, 6) is -1.41. The maximum atomic E-state index is 12.1. The van der Waals surface area contributed by atoms with Crippen molar-refractivity contribution in [2.24, 2.45) is 0 Å². The van der Waals surface area contributed by atoms with Crippen molar-refractivity contribution < 1.29 is 104 Å². The van der Waals surface area contributed by atoms with Crippen molar-refractivity contribution in [1.82, 2.24) is 10.6 Å². The van der Waals surface area contributed by atoms with E-state index in [1.807, 2.05) is 0 Å². The second-order valence-corrected chi connectivity index (χ2v) is 12.7. The summed E-state index contributed by atoms with van der Waals surface area (Å²) in [6, 6.07) is -3.01. The molecule has 4 fully saturated rings. The fourth-order valence-corrected chi connectivity index (χ4v) is 6.25. The van der Waals surface area contributed by atoms with Crippen LogP contribution in [0.4, 0.5) is 0 Å². The number of carbonyl (C=O) groups is 2. The number of carbonyl (C=O) groups excluding carboxylic acids is 2. The third-order valence-corrected chi connectivity index (χ3v) is 8.99. The van der Waals surface area contributed by atoms with E-state index in [1.165, 1.54) is 0 Å². The molecular formula is C28H48N2O21. The van der Waals surface area contributed by atoms with Gasteiger partial charge in [0.25, 0.3) is 0 Å². The Labute approximate surface area is 289 Å². The largest absolute Gasteiger partial charge is 0.394 e. The summed E-state index contributed by atoms with van der Waals surface area (Å²) in [5.41, 5.74) is 0. The molecule has 20 atom stereocenters. The molecule has 4 heterocycles. The molecule has 0 saturated carbocycles. The van der Waals surface area contributed by atoms with Crippen LogP contribution in [0.1, 0.15) is 13.8 Å². The van der Waals surface area contributed by atoms with Crippen LogP contribution in [-0.4, -0.2) is 222 Å². The zero-order valence-electron chi connectivity index (χ0n) is 27.4. The molecule has 14 N–H and O–H groups in total. The van der Waals surface area contributed by atoms with E-state index in [0.717, 1.165) is 13.8 Å². The quantitative estimate of drug-likeness (QED) is 0.0881. The molecule has 4 saturated heterocycles. The van der Waals surface area contributed by atoms with Crippen LogP contribution >= 0.6 is 0 Å². The van der Waals surface area contributed by atoms with Crippen LogP contribution in [0.2, 0.25) is 0 Å². The summed E-state index contributed by atoms with van der Waals surface area (Å²) in [7, 11) is 0. The van der Waals surface area contributed by atoms with Crippen molar-refractivity contribution in [2.45, 2.75) is 137 Å². The zero-order valence-corrected chi connectivity index (χ0v) is 27.4. The Kier molecular flexibility index (Phi) is 14.8. The molecule has 0 aromatic carbocycles. The van der Waals surface area contributed by atoms with E-state index < -0.39 is 161 Å². The van der Waals surface area contributed by atoms with Gasteiger partial charge in [0.1, 0.15) is 97.5 Å². The molecule has 0 spiro atoms. The highest BCUT2D eigenvalue weighted by Gasteiger charge is 2.54. The third kappa shape index (κ3) is 9.29. The lowest BCUT2D eigenvalue weighted by Crippen LogP contribution is -2.69. The van der Waals surface area contributed by atoms with Gasteiger partial charge >= 0.3 is 0 Å². The molecule has 18 unspecified atom stereocenters. The van der Waals surface area contributed by atoms with Crippen LogP contribution in [0, 0.1) is 0 Å². The van der Waals surface area contributed by atoms with E-state index in [9.17, 15) is 70.9 Å². The lowest BCUT2D eigenvalue weighted by molar-refractivity contribution is -0.356. The summed E-state index contributed by atoms with van der Waals surface area (Å²) in [6.45, 7) is -0.987. The van der Waals surface area contributed by atoms with Gasteiger partial charge in [0.2, 0.25) is 11.8 Å². The fourth-order valence-electron chi connectivity index (χ4n) is 6.25. The van der Waals surface area contributed by atoms with Gasteiger partial charge in [0.05, 0.1) is 26.4 Å². The zero-order chi connectivity index (χ0) is 37.9. The molecule has 0 aromatic rings. The smallest absolute Gasteiger partial charge is 0.217 e. The van der Waals surface area contributed by atoms with Crippen LogP contribution in [0.5, 0.6) is 0 Å². The summed E-state index contributed by atoms with van der Waals surface area (Å²) < 4.78 is 39.0. The highest BCUT2D eigenvalue weighted by Crippen LogP contribution is 2.32. The van der Waals surface area contributed by atoms with E-state index in [1.54, 1.807) is 0 Å². The molecule has 4 aliphatic heterocycles. The topological polar surface area (TPSA) is 366 Å². The highest BCUT2D eigenvalue weighted by molar-refractivity contribution is 5.73. The minimum Gasteiger partial charge on any atom is -0.394 e. The second-order valence-electron chi connectivity index (χ2n) is 12.7. The van der Waals surface area contributed by atoms with Gasteiger partial charge in [0.15, 0.2) is 25.2 Å². The number of ether oxygens (including phenoxy) is 7. The molecule has 296 valence electrons. The van der Waals surface area contributed by atoms with Crippen molar-refractivity contribution in [3.05, 3.63) is 0 Å². The summed E-state index contributed by atoms with van der Waals surface area (Å²) in [6.07, 6.45) is -30.8. The molecule has 0 aliphatic carbocycles. The Morgan fingerprint density at radius 2 is 0.961 bits per heavy atom. The van der Waals surface area contributed by atoms with Gasteiger partial charge in [-0.15, -0.1) is 0 Å². The van der Waals surface area contributed by atoms with Crippen LogP contribution in [-0.2, 0) is 42.7 Å². The van der Waals surface area contributed by atoms with Crippen molar-refractivity contribution in [1.29, 1.82) is 0 Å². The predicted octanol–water partition coefficient (Wildman–Crippen LogP) is -9.46. The molecule has 51 heavy (non-hydrogen) atoms.